The summed E-state index contributed by atoms with van der Waals surface area (Å²) in [6.45, 7) is 4.62. The SMILES string of the molecule is Cc1cccc2c1C(C)(c1ccccc1)c1cc(-c3ccccc3)ccc1-2. The van der Waals surface area contributed by atoms with E-state index in [9.17, 15) is 0 Å². The lowest BCUT2D eigenvalue weighted by Crippen LogP contribution is -2.23. The molecule has 1 unspecified atom stereocenters. The standard InChI is InChI=1S/C27H22/c1-19-10-9-15-24-23-17-16-21(20-11-5-3-6-12-20)18-25(23)27(2,26(19)24)22-13-7-4-8-14-22/h3-18H,1-2H3. The van der Waals surface area contributed by atoms with Crippen LogP contribution in [0.1, 0.15) is 29.2 Å². The van der Waals surface area contributed by atoms with Gasteiger partial charge >= 0.3 is 0 Å². The average molecular weight is 346 g/mol. The minimum Gasteiger partial charge on any atom is -0.0622 e. The number of fused-ring (bicyclic) bond motifs is 3. The lowest BCUT2D eigenvalue weighted by Gasteiger charge is -2.30. The molecule has 1 aliphatic rings. The Bertz CT molecular complexity index is 1120. The van der Waals surface area contributed by atoms with Crippen LogP contribution in [0.4, 0.5) is 0 Å². The monoisotopic (exact) mass is 346 g/mol. The minimum absolute atomic E-state index is 0.137. The van der Waals surface area contributed by atoms with E-state index in [0.717, 1.165) is 0 Å². The fourth-order valence-corrected chi connectivity index (χ4v) is 4.76. The van der Waals surface area contributed by atoms with Crippen LogP contribution in [0, 0.1) is 6.92 Å². The van der Waals surface area contributed by atoms with E-state index in [1.54, 1.807) is 0 Å². The number of benzene rings is 4. The van der Waals surface area contributed by atoms with E-state index in [0.29, 0.717) is 0 Å². The molecule has 4 aromatic carbocycles. The van der Waals surface area contributed by atoms with Crippen LogP contribution in [0.5, 0.6) is 0 Å². The summed E-state index contributed by atoms with van der Waals surface area (Å²) >= 11 is 0. The van der Waals surface area contributed by atoms with Gasteiger partial charge in [-0.05, 0) is 64.4 Å². The molecule has 0 aliphatic heterocycles. The maximum Gasteiger partial charge on any atom is 0.0438 e. The Morgan fingerprint density at radius 3 is 2.04 bits per heavy atom. The molecule has 1 atom stereocenters. The summed E-state index contributed by atoms with van der Waals surface area (Å²) in [6.07, 6.45) is 0. The highest BCUT2D eigenvalue weighted by atomic mass is 14.4. The Kier molecular flexibility index (Phi) is 3.55. The summed E-state index contributed by atoms with van der Waals surface area (Å²) < 4.78 is 0. The summed E-state index contributed by atoms with van der Waals surface area (Å²) in [4.78, 5) is 0. The van der Waals surface area contributed by atoms with Gasteiger partial charge in [-0.2, -0.15) is 0 Å². The van der Waals surface area contributed by atoms with Crippen LogP contribution in [0.2, 0.25) is 0 Å². The molecule has 0 saturated carbocycles. The molecule has 0 amide bonds. The number of aryl methyl sites for hydroxylation is 1. The number of rotatable bonds is 2. The minimum atomic E-state index is -0.137. The summed E-state index contributed by atoms with van der Waals surface area (Å²) in [6, 6.07) is 35.3. The van der Waals surface area contributed by atoms with Crippen LogP contribution in [0.15, 0.2) is 97.1 Å². The Balaban J connectivity index is 1.83. The Morgan fingerprint density at radius 1 is 0.593 bits per heavy atom. The largest absolute Gasteiger partial charge is 0.0622 e. The predicted molar refractivity (Wildman–Crippen MR) is 114 cm³/mol. The van der Waals surface area contributed by atoms with E-state index in [1.165, 1.54) is 44.5 Å². The van der Waals surface area contributed by atoms with Crippen LogP contribution in [0.3, 0.4) is 0 Å². The summed E-state index contributed by atoms with van der Waals surface area (Å²) in [5.41, 5.74) is 10.7. The van der Waals surface area contributed by atoms with E-state index in [4.69, 9.17) is 0 Å². The zero-order chi connectivity index (χ0) is 18.4. The molecule has 0 spiro atoms. The fourth-order valence-electron chi connectivity index (χ4n) is 4.76. The van der Waals surface area contributed by atoms with Crippen molar-refractivity contribution in [2.75, 3.05) is 0 Å². The Morgan fingerprint density at radius 2 is 1.30 bits per heavy atom. The zero-order valence-corrected chi connectivity index (χ0v) is 15.7. The molecule has 0 fully saturated rings. The first-order valence-corrected chi connectivity index (χ1v) is 9.55. The number of hydrogen-bond acceptors (Lipinski definition) is 0. The van der Waals surface area contributed by atoms with Crippen molar-refractivity contribution in [3.8, 4) is 22.3 Å². The van der Waals surface area contributed by atoms with Gasteiger partial charge in [0.2, 0.25) is 0 Å². The summed E-state index contributed by atoms with van der Waals surface area (Å²) in [5.74, 6) is 0. The van der Waals surface area contributed by atoms with Crippen molar-refractivity contribution in [1.82, 2.24) is 0 Å². The molecule has 0 aromatic heterocycles. The van der Waals surface area contributed by atoms with Gasteiger partial charge in [0.05, 0.1) is 0 Å². The fraction of sp³-hybridized carbons (Fsp3) is 0.111. The van der Waals surface area contributed by atoms with Crippen LogP contribution in [-0.2, 0) is 5.41 Å². The zero-order valence-electron chi connectivity index (χ0n) is 15.7. The molecule has 0 bridgehead atoms. The molecular weight excluding hydrogens is 324 g/mol. The van der Waals surface area contributed by atoms with E-state index in [1.807, 2.05) is 0 Å². The molecule has 0 nitrogen and oxygen atoms in total. The van der Waals surface area contributed by atoms with Crippen molar-refractivity contribution in [3.63, 3.8) is 0 Å². The molecule has 5 rings (SSSR count). The van der Waals surface area contributed by atoms with Crippen LogP contribution >= 0.6 is 0 Å². The topological polar surface area (TPSA) is 0 Å². The van der Waals surface area contributed by atoms with Crippen molar-refractivity contribution < 1.29 is 0 Å². The van der Waals surface area contributed by atoms with Crippen molar-refractivity contribution in [1.29, 1.82) is 0 Å². The maximum absolute atomic E-state index is 2.40. The first-order chi connectivity index (χ1) is 13.2. The van der Waals surface area contributed by atoms with E-state index >= 15 is 0 Å². The third kappa shape index (κ3) is 2.30. The lowest BCUT2D eigenvalue weighted by molar-refractivity contribution is 0.708. The second-order valence-electron chi connectivity index (χ2n) is 7.61. The van der Waals surface area contributed by atoms with Crippen molar-refractivity contribution in [2.24, 2.45) is 0 Å². The van der Waals surface area contributed by atoms with Crippen LogP contribution in [-0.4, -0.2) is 0 Å². The first-order valence-electron chi connectivity index (χ1n) is 9.55. The molecule has 0 heterocycles. The van der Waals surface area contributed by atoms with E-state index in [2.05, 4.69) is 111 Å². The van der Waals surface area contributed by atoms with Gasteiger partial charge in [0, 0.05) is 5.41 Å². The molecule has 1 aliphatic carbocycles. The average Bonchev–Trinajstić information content (AvgIpc) is 3.00. The quantitative estimate of drug-likeness (QED) is 0.367. The highest BCUT2D eigenvalue weighted by Crippen LogP contribution is 2.54. The third-order valence-corrected chi connectivity index (χ3v) is 6.08. The van der Waals surface area contributed by atoms with Crippen molar-refractivity contribution in [3.05, 3.63) is 119 Å². The lowest BCUT2D eigenvalue weighted by atomic mass is 9.72. The van der Waals surface area contributed by atoms with Crippen LogP contribution < -0.4 is 0 Å². The Labute approximate surface area is 161 Å². The smallest absolute Gasteiger partial charge is 0.0438 e. The van der Waals surface area contributed by atoms with Crippen LogP contribution in [0.25, 0.3) is 22.3 Å². The maximum atomic E-state index is 2.40. The van der Waals surface area contributed by atoms with Gasteiger partial charge in [0.15, 0.2) is 0 Å². The van der Waals surface area contributed by atoms with E-state index < -0.39 is 0 Å². The molecular formula is C27H22. The first kappa shape index (κ1) is 16.1. The van der Waals surface area contributed by atoms with Gasteiger partial charge in [-0.25, -0.2) is 0 Å². The Hall–Kier alpha value is -3.12. The van der Waals surface area contributed by atoms with Gasteiger partial charge in [-0.3, -0.25) is 0 Å². The molecule has 0 saturated heterocycles. The summed E-state index contributed by atoms with van der Waals surface area (Å²) in [5, 5.41) is 0. The van der Waals surface area contributed by atoms with E-state index in [-0.39, 0.29) is 5.41 Å². The van der Waals surface area contributed by atoms with Crippen molar-refractivity contribution >= 4 is 0 Å². The second kappa shape index (κ2) is 5.96. The second-order valence-corrected chi connectivity index (χ2v) is 7.61. The molecule has 0 radical (unpaired) electrons. The molecule has 4 aromatic rings. The molecule has 0 heteroatoms. The van der Waals surface area contributed by atoms with Gasteiger partial charge in [-0.15, -0.1) is 0 Å². The van der Waals surface area contributed by atoms with Crippen molar-refractivity contribution in [2.45, 2.75) is 19.3 Å². The molecule has 130 valence electrons. The highest BCUT2D eigenvalue weighted by Gasteiger charge is 2.41. The molecule has 27 heavy (non-hydrogen) atoms. The molecule has 0 N–H and O–H groups in total. The number of hydrogen-bond donors (Lipinski definition) is 0. The van der Waals surface area contributed by atoms with Gasteiger partial charge in [0.1, 0.15) is 0 Å². The predicted octanol–water partition coefficient (Wildman–Crippen LogP) is 7.00. The van der Waals surface area contributed by atoms with Gasteiger partial charge < -0.3 is 0 Å². The normalized spacial score (nSPS) is 17.4. The van der Waals surface area contributed by atoms with Gasteiger partial charge in [0.25, 0.3) is 0 Å². The third-order valence-electron chi connectivity index (χ3n) is 6.08. The summed E-state index contributed by atoms with van der Waals surface area (Å²) in [7, 11) is 0. The van der Waals surface area contributed by atoms with Gasteiger partial charge in [-0.1, -0.05) is 91.0 Å². The highest BCUT2D eigenvalue weighted by molar-refractivity contribution is 5.86.